The Balaban J connectivity index is 1.58. The van der Waals surface area contributed by atoms with Crippen LogP contribution in [0.25, 0.3) is 11.2 Å². The molecule has 3 atom stereocenters. The molecule has 7 nitrogen and oxygen atoms in total. The molecular weight excluding hydrogens is 423 g/mol. The summed E-state index contributed by atoms with van der Waals surface area (Å²) in [6.07, 6.45) is -3.81. The fraction of sp³-hybridized carbons (Fsp3) is 0.273. The molecule has 166 valence electrons. The number of rotatable bonds is 3. The third-order valence-corrected chi connectivity index (χ3v) is 5.88. The van der Waals surface area contributed by atoms with Crippen LogP contribution in [0.15, 0.2) is 60.4 Å². The number of alkyl halides is 3. The second-order valence-electron chi connectivity index (χ2n) is 7.77. The Morgan fingerprint density at radius 2 is 1.84 bits per heavy atom. The quantitative estimate of drug-likeness (QED) is 0.651. The number of fused-ring (bicyclic) bond motifs is 2. The van der Waals surface area contributed by atoms with Crippen molar-refractivity contribution >= 4 is 17.1 Å². The summed E-state index contributed by atoms with van der Waals surface area (Å²) in [6, 6.07) is 11.8. The molecule has 2 aliphatic heterocycles. The zero-order chi connectivity index (χ0) is 22.6. The van der Waals surface area contributed by atoms with Crippen LogP contribution in [-0.2, 0) is 4.79 Å². The van der Waals surface area contributed by atoms with Gasteiger partial charge in [0, 0.05) is 11.9 Å². The van der Waals surface area contributed by atoms with E-state index in [2.05, 4.69) is 15.7 Å². The normalized spacial score (nSPS) is 23.5. The summed E-state index contributed by atoms with van der Waals surface area (Å²) < 4.78 is 48.8. The second kappa shape index (κ2) is 7.27. The van der Waals surface area contributed by atoms with Crippen LogP contribution in [0.3, 0.4) is 0 Å². The van der Waals surface area contributed by atoms with E-state index in [1.165, 1.54) is 7.11 Å². The molecule has 1 amide bonds. The predicted molar refractivity (Wildman–Crippen MR) is 110 cm³/mol. The first-order valence-corrected chi connectivity index (χ1v) is 10.0. The van der Waals surface area contributed by atoms with Gasteiger partial charge in [0.15, 0.2) is 5.88 Å². The van der Waals surface area contributed by atoms with Gasteiger partial charge in [-0.15, -0.1) is 0 Å². The summed E-state index contributed by atoms with van der Waals surface area (Å²) in [4.78, 5) is 17.9. The zero-order valence-corrected chi connectivity index (χ0v) is 17.2. The number of methoxy groups -OCH3 is 1. The number of pyridine rings is 1. The molecule has 2 aliphatic rings. The highest BCUT2D eigenvalue weighted by Gasteiger charge is 2.57. The third-order valence-electron chi connectivity index (χ3n) is 5.88. The molecule has 3 aromatic rings. The molecule has 4 heterocycles. The number of hydrogen-bond donors (Lipinski definition) is 2. The van der Waals surface area contributed by atoms with Gasteiger partial charge in [-0.25, -0.2) is 15.4 Å². The minimum absolute atomic E-state index is 0.203. The maximum atomic E-state index is 13.9. The molecule has 32 heavy (non-hydrogen) atoms. The molecule has 1 saturated heterocycles. The van der Waals surface area contributed by atoms with Gasteiger partial charge in [-0.1, -0.05) is 36.4 Å². The molecule has 0 aliphatic carbocycles. The Labute approximate surface area is 181 Å². The number of ether oxygens (including phenoxy) is 1. The van der Waals surface area contributed by atoms with E-state index in [-0.39, 0.29) is 5.57 Å². The average Bonchev–Trinajstić information content (AvgIpc) is 3.36. The lowest BCUT2D eigenvalue weighted by Crippen LogP contribution is -2.54. The van der Waals surface area contributed by atoms with Crippen LogP contribution in [0.1, 0.15) is 24.1 Å². The molecule has 10 heteroatoms. The Kier molecular flexibility index (Phi) is 4.63. The van der Waals surface area contributed by atoms with E-state index >= 15 is 0 Å². The molecule has 0 bridgehead atoms. The number of nitrogens with one attached hydrogen (secondary N) is 2. The fourth-order valence-electron chi connectivity index (χ4n) is 4.47. The van der Waals surface area contributed by atoms with Crippen LogP contribution >= 0.6 is 0 Å². The number of nitrogens with zero attached hydrogens (tertiary/aromatic N) is 3. The number of halogens is 3. The summed E-state index contributed by atoms with van der Waals surface area (Å²) in [6.45, 7) is 1.68. The summed E-state index contributed by atoms with van der Waals surface area (Å²) in [5.74, 6) is -1.06. The van der Waals surface area contributed by atoms with Crippen molar-refractivity contribution in [2.45, 2.75) is 31.2 Å². The molecular formula is C22H20F3N5O2. The minimum Gasteiger partial charge on any atom is -0.482 e. The molecule has 1 fully saturated rings. The van der Waals surface area contributed by atoms with Crippen LogP contribution in [0.5, 0.6) is 5.88 Å². The van der Waals surface area contributed by atoms with Crippen molar-refractivity contribution in [2.75, 3.05) is 7.11 Å². The fourth-order valence-corrected chi connectivity index (χ4v) is 4.47. The predicted octanol–water partition coefficient (Wildman–Crippen LogP) is 3.06. The molecule has 2 N–H and O–H groups in total. The lowest BCUT2D eigenvalue weighted by molar-refractivity contribution is -0.161. The smallest absolute Gasteiger partial charge is 0.406 e. The average molecular weight is 443 g/mol. The van der Waals surface area contributed by atoms with Gasteiger partial charge in [0.2, 0.25) is 0 Å². The lowest BCUT2D eigenvalue weighted by atomic mass is 9.89. The van der Waals surface area contributed by atoms with E-state index in [1.54, 1.807) is 66.1 Å². The summed E-state index contributed by atoms with van der Waals surface area (Å²) >= 11 is 0. The summed E-state index contributed by atoms with van der Waals surface area (Å²) in [7, 11) is 1.52. The van der Waals surface area contributed by atoms with E-state index < -0.39 is 30.2 Å². The van der Waals surface area contributed by atoms with E-state index in [0.29, 0.717) is 28.5 Å². The third kappa shape index (κ3) is 3.10. The standard InChI is InChI=1S/C22H20F3N5O2/c1-12-17(14-11-29-15(27-14)9-6-10-16(29)32-2)21(31)30-20(26-12)18(13-7-4-3-5-8-13)19(28-30)22(23,24)25/h3-11,18-20,26,28H,1-2H3. The van der Waals surface area contributed by atoms with Crippen LogP contribution in [0.2, 0.25) is 0 Å². The summed E-state index contributed by atoms with van der Waals surface area (Å²) in [5, 5.41) is 4.16. The van der Waals surface area contributed by atoms with Crippen LogP contribution in [-0.4, -0.2) is 45.8 Å². The van der Waals surface area contributed by atoms with Gasteiger partial charge < -0.3 is 10.1 Å². The molecule has 2 aromatic heterocycles. The topological polar surface area (TPSA) is 70.9 Å². The molecule has 0 radical (unpaired) electrons. The number of aromatic nitrogens is 2. The van der Waals surface area contributed by atoms with Crippen LogP contribution in [0.4, 0.5) is 13.2 Å². The van der Waals surface area contributed by atoms with Gasteiger partial charge in [0.05, 0.1) is 24.3 Å². The Hall–Kier alpha value is -3.53. The van der Waals surface area contributed by atoms with E-state index in [4.69, 9.17) is 4.74 Å². The first kappa shape index (κ1) is 20.4. The van der Waals surface area contributed by atoms with Crippen molar-refractivity contribution in [1.29, 1.82) is 0 Å². The Bertz CT molecular complexity index is 1220. The SMILES string of the molecule is COc1cccc2nc(C3=C(C)NC4C(c5ccccc5)C(C(F)(F)F)NN4C3=O)cn12. The van der Waals surface area contributed by atoms with Gasteiger partial charge >= 0.3 is 6.18 Å². The second-order valence-corrected chi connectivity index (χ2v) is 7.77. The number of amides is 1. The lowest BCUT2D eigenvalue weighted by Gasteiger charge is -2.34. The maximum Gasteiger partial charge on any atom is 0.406 e. The number of hydrogen-bond acceptors (Lipinski definition) is 5. The van der Waals surface area contributed by atoms with E-state index in [0.717, 1.165) is 5.01 Å². The van der Waals surface area contributed by atoms with Crippen molar-refractivity contribution in [3.05, 3.63) is 71.7 Å². The number of carbonyl (C=O) groups is 1. The van der Waals surface area contributed by atoms with Crippen LogP contribution < -0.4 is 15.5 Å². The number of benzene rings is 1. The van der Waals surface area contributed by atoms with Crippen molar-refractivity contribution < 1.29 is 22.7 Å². The van der Waals surface area contributed by atoms with Crippen molar-refractivity contribution in [2.24, 2.45) is 0 Å². The van der Waals surface area contributed by atoms with Gasteiger partial charge in [0.25, 0.3) is 5.91 Å². The van der Waals surface area contributed by atoms with Gasteiger partial charge in [0.1, 0.15) is 17.9 Å². The molecule has 3 unspecified atom stereocenters. The zero-order valence-electron chi connectivity index (χ0n) is 17.2. The van der Waals surface area contributed by atoms with E-state index in [9.17, 15) is 18.0 Å². The molecule has 0 spiro atoms. The Morgan fingerprint density at radius 1 is 1.09 bits per heavy atom. The summed E-state index contributed by atoms with van der Waals surface area (Å²) in [5.41, 5.74) is 4.46. The Morgan fingerprint density at radius 3 is 2.53 bits per heavy atom. The number of hydrazine groups is 1. The van der Waals surface area contributed by atoms with Gasteiger partial charge in [-0.05, 0) is 24.6 Å². The highest BCUT2D eigenvalue weighted by atomic mass is 19.4. The van der Waals surface area contributed by atoms with E-state index in [1.807, 2.05) is 0 Å². The highest BCUT2D eigenvalue weighted by molar-refractivity contribution is 6.20. The minimum atomic E-state index is -4.55. The van der Waals surface area contributed by atoms with Crippen molar-refractivity contribution in [3.8, 4) is 5.88 Å². The van der Waals surface area contributed by atoms with Crippen molar-refractivity contribution in [1.82, 2.24) is 25.1 Å². The van der Waals surface area contributed by atoms with Gasteiger partial charge in [-0.2, -0.15) is 13.2 Å². The largest absolute Gasteiger partial charge is 0.482 e. The first-order valence-electron chi connectivity index (χ1n) is 10.0. The van der Waals surface area contributed by atoms with Gasteiger partial charge in [-0.3, -0.25) is 9.20 Å². The monoisotopic (exact) mass is 443 g/mol. The van der Waals surface area contributed by atoms with Crippen molar-refractivity contribution in [3.63, 3.8) is 0 Å². The number of allylic oxidation sites excluding steroid dienone is 1. The molecule has 0 saturated carbocycles. The maximum absolute atomic E-state index is 13.9. The first-order chi connectivity index (χ1) is 15.3. The highest BCUT2D eigenvalue weighted by Crippen LogP contribution is 2.42. The molecule has 1 aromatic carbocycles. The number of imidazole rings is 1. The number of carbonyl (C=O) groups excluding carboxylic acids is 1. The molecule has 5 rings (SSSR count). The van der Waals surface area contributed by atoms with Crippen LogP contribution in [0, 0.1) is 0 Å².